The lowest BCUT2D eigenvalue weighted by Crippen LogP contribution is -2.60. The van der Waals surface area contributed by atoms with Gasteiger partial charge in [0.1, 0.15) is 0 Å². The van der Waals surface area contributed by atoms with E-state index in [1.807, 2.05) is 0 Å². The molecule has 1 rings (SSSR count). The summed E-state index contributed by atoms with van der Waals surface area (Å²) < 4.78 is 0. The van der Waals surface area contributed by atoms with E-state index in [0.717, 1.165) is 0 Å². The number of rotatable bonds is 0. The van der Waals surface area contributed by atoms with E-state index in [2.05, 4.69) is 53.5 Å². The summed E-state index contributed by atoms with van der Waals surface area (Å²) in [6.45, 7) is 14.2. The first-order chi connectivity index (χ1) is 5.57. The van der Waals surface area contributed by atoms with Gasteiger partial charge in [-0.05, 0) is 53.0 Å². The van der Waals surface area contributed by atoms with Crippen molar-refractivity contribution in [2.45, 2.75) is 65.5 Å². The van der Waals surface area contributed by atoms with Crippen molar-refractivity contribution >= 4 is 0 Å². The van der Waals surface area contributed by atoms with E-state index < -0.39 is 0 Å². The molecule has 1 saturated heterocycles. The van der Waals surface area contributed by atoms with Gasteiger partial charge in [0.2, 0.25) is 0 Å². The summed E-state index contributed by atoms with van der Waals surface area (Å²) in [5, 5.41) is 0. The van der Waals surface area contributed by atoms with Crippen LogP contribution >= 0.6 is 0 Å². The topological polar surface area (TPSA) is 3.24 Å². The third-order valence-electron chi connectivity index (χ3n) is 3.64. The van der Waals surface area contributed by atoms with Crippen LogP contribution in [-0.4, -0.2) is 23.0 Å². The van der Waals surface area contributed by atoms with Crippen molar-refractivity contribution in [2.24, 2.45) is 5.41 Å². The van der Waals surface area contributed by atoms with Crippen LogP contribution < -0.4 is 0 Å². The molecule has 0 amide bonds. The zero-order valence-electron chi connectivity index (χ0n) is 10.4. The molecule has 0 aliphatic carbocycles. The maximum atomic E-state index is 2.53. The van der Waals surface area contributed by atoms with Crippen LogP contribution in [0.2, 0.25) is 0 Å². The zero-order chi connectivity index (χ0) is 10.5. The Labute approximate surface area is 83.5 Å². The highest BCUT2D eigenvalue weighted by molar-refractivity contribution is 5.01. The van der Waals surface area contributed by atoms with E-state index in [0.29, 0.717) is 16.5 Å². The molecule has 13 heavy (non-hydrogen) atoms. The average molecular weight is 183 g/mol. The van der Waals surface area contributed by atoms with Crippen LogP contribution in [0.4, 0.5) is 0 Å². The van der Waals surface area contributed by atoms with Crippen molar-refractivity contribution in [3.05, 3.63) is 0 Å². The number of hydrogen-bond donors (Lipinski definition) is 0. The molecule has 1 aliphatic heterocycles. The summed E-state index contributed by atoms with van der Waals surface area (Å²) in [6.07, 6.45) is 2.58. The molecule has 1 aliphatic rings. The predicted molar refractivity (Wildman–Crippen MR) is 58.9 cm³/mol. The highest BCUT2D eigenvalue weighted by Gasteiger charge is 2.46. The molecule has 0 radical (unpaired) electrons. The first kappa shape index (κ1) is 11.0. The van der Waals surface area contributed by atoms with Crippen LogP contribution in [0, 0.1) is 5.41 Å². The van der Waals surface area contributed by atoms with Gasteiger partial charge < -0.3 is 0 Å². The fraction of sp³-hybridized carbons (Fsp3) is 1.00. The van der Waals surface area contributed by atoms with Crippen LogP contribution in [0.3, 0.4) is 0 Å². The second-order valence-electron chi connectivity index (χ2n) is 6.70. The van der Waals surface area contributed by atoms with Crippen LogP contribution in [0.5, 0.6) is 0 Å². The third kappa shape index (κ3) is 2.07. The van der Waals surface area contributed by atoms with E-state index in [1.54, 1.807) is 0 Å². The molecular weight excluding hydrogens is 158 g/mol. The Morgan fingerprint density at radius 3 is 1.38 bits per heavy atom. The van der Waals surface area contributed by atoms with Crippen molar-refractivity contribution in [2.75, 3.05) is 7.05 Å². The Kier molecular flexibility index (Phi) is 2.31. The molecule has 0 aromatic rings. The lowest BCUT2D eigenvalue weighted by Gasteiger charge is -2.56. The maximum Gasteiger partial charge on any atom is 0.0160 e. The van der Waals surface area contributed by atoms with Crippen LogP contribution in [0.15, 0.2) is 0 Å². The number of piperidine rings is 1. The molecule has 78 valence electrons. The van der Waals surface area contributed by atoms with Crippen LogP contribution in [-0.2, 0) is 0 Å². The summed E-state index contributed by atoms with van der Waals surface area (Å²) >= 11 is 0. The quantitative estimate of drug-likeness (QED) is 0.557. The lowest BCUT2D eigenvalue weighted by molar-refractivity contribution is -0.0587. The Balaban J connectivity index is 2.96. The molecule has 0 saturated carbocycles. The molecule has 0 N–H and O–H groups in total. The summed E-state index contributed by atoms with van der Waals surface area (Å²) in [7, 11) is 2.26. The van der Waals surface area contributed by atoms with Crippen molar-refractivity contribution in [1.29, 1.82) is 0 Å². The highest BCUT2D eigenvalue weighted by atomic mass is 15.2. The summed E-state index contributed by atoms with van der Waals surface area (Å²) in [4.78, 5) is 2.53. The second kappa shape index (κ2) is 2.73. The third-order valence-corrected chi connectivity index (χ3v) is 3.64. The van der Waals surface area contributed by atoms with Gasteiger partial charge >= 0.3 is 0 Å². The normalized spacial score (nSPS) is 31.6. The monoisotopic (exact) mass is 183 g/mol. The number of hydrogen-bond acceptors (Lipinski definition) is 1. The molecule has 1 fully saturated rings. The molecule has 0 spiro atoms. The minimum Gasteiger partial charge on any atom is -0.296 e. The Bertz CT molecular complexity index is 181. The van der Waals surface area contributed by atoms with Crippen molar-refractivity contribution < 1.29 is 0 Å². The zero-order valence-corrected chi connectivity index (χ0v) is 10.4. The smallest absolute Gasteiger partial charge is 0.0160 e. The molecule has 1 nitrogen and oxygen atoms in total. The van der Waals surface area contributed by atoms with Gasteiger partial charge in [-0.25, -0.2) is 0 Å². The average Bonchev–Trinajstić information content (AvgIpc) is 1.77. The van der Waals surface area contributed by atoms with Crippen molar-refractivity contribution in [3.8, 4) is 0 Å². The maximum absolute atomic E-state index is 2.53. The van der Waals surface area contributed by atoms with E-state index in [9.17, 15) is 0 Å². The van der Waals surface area contributed by atoms with E-state index in [-0.39, 0.29) is 0 Å². The minimum absolute atomic E-state index is 0.339. The van der Waals surface area contributed by atoms with Gasteiger partial charge in [0.05, 0.1) is 0 Å². The summed E-state index contributed by atoms with van der Waals surface area (Å²) in [5.74, 6) is 0. The predicted octanol–water partition coefficient (Wildman–Crippen LogP) is 3.30. The Morgan fingerprint density at radius 1 is 0.769 bits per heavy atom. The molecular formula is C12H25N. The van der Waals surface area contributed by atoms with Gasteiger partial charge in [-0.1, -0.05) is 13.8 Å². The van der Waals surface area contributed by atoms with Crippen molar-refractivity contribution in [1.82, 2.24) is 4.90 Å². The fourth-order valence-electron chi connectivity index (χ4n) is 3.46. The molecule has 0 atom stereocenters. The fourth-order valence-corrected chi connectivity index (χ4v) is 3.46. The summed E-state index contributed by atoms with van der Waals surface area (Å²) in [6, 6.07) is 0. The number of nitrogens with zero attached hydrogens (tertiary/aromatic N) is 1. The second-order valence-corrected chi connectivity index (χ2v) is 6.70. The van der Waals surface area contributed by atoms with Gasteiger partial charge in [-0.3, -0.25) is 4.90 Å². The van der Waals surface area contributed by atoms with Gasteiger partial charge in [0.15, 0.2) is 0 Å². The first-order valence-electron chi connectivity index (χ1n) is 5.31. The standard InChI is InChI=1S/C12H25N/c1-10(2)8-11(3,4)13(7)12(5,6)9-10/h8-9H2,1-7H3. The molecule has 1 heterocycles. The minimum atomic E-state index is 0.339. The van der Waals surface area contributed by atoms with Gasteiger partial charge in [0, 0.05) is 11.1 Å². The molecule has 0 bridgehead atoms. The Morgan fingerprint density at radius 2 is 1.08 bits per heavy atom. The lowest BCUT2D eigenvalue weighted by atomic mass is 9.66. The highest BCUT2D eigenvalue weighted by Crippen LogP contribution is 2.46. The number of likely N-dealkylation sites (tertiary alicyclic amines) is 1. The van der Waals surface area contributed by atoms with Crippen LogP contribution in [0.25, 0.3) is 0 Å². The molecule has 0 aromatic carbocycles. The van der Waals surface area contributed by atoms with Gasteiger partial charge in [-0.2, -0.15) is 0 Å². The van der Waals surface area contributed by atoms with Crippen LogP contribution in [0.1, 0.15) is 54.4 Å². The van der Waals surface area contributed by atoms with E-state index in [1.165, 1.54) is 12.8 Å². The Hall–Kier alpha value is -0.0400. The SMILES string of the molecule is CN1C(C)(C)CC(C)(C)CC1(C)C. The van der Waals surface area contributed by atoms with Crippen molar-refractivity contribution in [3.63, 3.8) is 0 Å². The van der Waals surface area contributed by atoms with Gasteiger partial charge in [-0.15, -0.1) is 0 Å². The van der Waals surface area contributed by atoms with E-state index >= 15 is 0 Å². The molecule has 1 heteroatoms. The summed E-state index contributed by atoms with van der Waals surface area (Å²) in [5.41, 5.74) is 1.16. The largest absolute Gasteiger partial charge is 0.296 e. The van der Waals surface area contributed by atoms with E-state index in [4.69, 9.17) is 0 Å². The van der Waals surface area contributed by atoms with Gasteiger partial charge in [0.25, 0.3) is 0 Å². The molecule has 0 unspecified atom stereocenters. The molecule has 0 aromatic heterocycles. The first-order valence-corrected chi connectivity index (χ1v) is 5.31.